The minimum Gasteiger partial charge on any atom is -0.490 e. The molecule has 0 radical (unpaired) electrons. The van der Waals surface area contributed by atoms with Crippen LogP contribution >= 0.6 is 0 Å². The van der Waals surface area contributed by atoms with E-state index in [4.69, 9.17) is 4.74 Å². The Morgan fingerprint density at radius 3 is 2.58 bits per heavy atom. The predicted molar refractivity (Wildman–Crippen MR) is 142 cm³/mol. The van der Waals surface area contributed by atoms with Gasteiger partial charge in [-0.05, 0) is 75.2 Å². The Morgan fingerprint density at radius 2 is 1.83 bits per heavy atom. The van der Waals surface area contributed by atoms with Gasteiger partial charge in [0.15, 0.2) is 0 Å². The zero-order chi connectivity index (χ0) is 25.5. The molecule has 0 aliphatic carbocycles. The van der Waals surface area contributed by atoms with Crippen molar-refractivity contribution in [1.82, 2.24) is 15.3 Å². The van der Waals surface area contributed by atoms with Crippen molar-refractivity contribution in [3.8, 4) is 17.6 Å². The molecule has 1 unspecified atom stereocenters. The summed E-state index contributed by atoms with van der Waals surface area (Å²) in [6, 6.07) is 18.7. The molecular formula is C30H31N3O3. The summed E-state index contributed by atoms with van der Waals surface area (Å²) in [4.78, 5) is 21.1. The topological polar surface area (TPSA) is 87.2 Å². The van der Waals surface area contributed by atoms with E-state index in [0.717, 1.165) is 27.7 Å². The van der Waals surface area contributed by atoms with E-state index >= 15 is 0 Å². The Labute approximate surface area is 211 Å². The Kier molecular flexibility index (Phi) is 8.04. The number of aliphatic hydroxyl groups is 1. The lowest BCUT2D eigenvalue weighted by atomic mass is 9.94. The van der Waals surface area contributed by atoms with Crippen LogP contribution in [0.3, 0.4) is 0 Å². The number of rotatable bonds is 8. The largest absolute Gasteiger partial charge is 0.490 e. The molecule has 0 saturated heterocycles. The molecule has 2 aromatic carbocycles. The fourth-order valence-corrected chi connectivity index (χ4v) is 4.06. The number of nitrogens with one attached hydrogen (secondary N) is 2. The highest BCUT2D eigenvalue weighted by Gasteiger charge is 2.23. The number of fused-ring (bicyclic) bond motifs is 1. The molecule has 2 heterocycles. The van der Waals surface area contributed by atoms with Crippen LogP contribution in [0.4, 0.5) is 0 Å². The van der Waals surface area contributed by atoms with Crippen molar-refractivity contribution in [2.24, 2.45) is 5.92 Å². The molecule has 0 aliphatic heterocycles. The van der Waals surface area contributed by atoms with Gasteiger partial charge in [0.2, 0.25) is 0 Å². The molecule has 2 atom stereocenters. The summed E-state index contributed by atoms with van der Waals surface area (Å²) >= 11 is 0. The summed E-state index contributed by atoms with van der Waals surface area (Å²) in [6.45, 7) is 5.68. The summed E-state index contributed by atoms with van der Waals surface area (Å²) in [5.41, 5.74) is 4.87. The number of aliphatic hydroxyl groups excluding tert-OH is 1. The SMILES string of the molecule is CC(C)Oc1ccc(C#Cc2ccccc2)cc1C(=O)N[C@@H](C)C(CO)Cc1c[nH]c2cccnc12. The van der Waals surface area contributed by atoms with Crippen molar-refractivity contribution in [2.45, 2.75) is 39.3 Å². The summed E-state index contributed by atoms with van der Waals surface area (Å²) in [5.74, 6) is 6.31. The van der Waals surface area contributed by atoms with Crippen LogP contribution < -0.4 is 10.1 Å². The molecule has 184 valence electrons. The molecule has 36 heavy (non-hydrogen) atoms. The molecule has 0 aliphatic rings. The van der Waals surface area contributed by atoms with Crippen molar-refractivity contribution in [1.29, 1.82) is 0 Å². The number of ether oxygens (including phenoxy) is 1. The Hall–Kier alpha value is -4.08. The number of hydrogen-bond donors (Lipinski definition) is 3. The second-order valence-corrected chi connectivity index (χ2v) is 9.12. The number of benzene rings is 2. The smallest absolute Gasteiger partial charge is 0.255 e. The van der Waals surface area contributed by atoms with E-state index in [-0.39, 0.29) is 30.6 Å². The van der Waals surface area contributed by atoms with Gasteiger partial charge >= 0.3 is 0 Å². The molecule has 0 bridgehead atoms. The zero-order valence-corrected chi connectivity index (χ0v) is 20.8. The Bertz CT molecular complexity index is 1380. The summed E-state index contributed by atoms with van der Waals surface area (Å²) < 4.78 is 5.92. The van der Waals surface area contributed by atoms with Gasteiger partial charge in [-0.25, -0.2) is 0 Å². The first-order chi connectivity index (χ1) is 17.4. The number of H-pyrrole nitrogens is 1. The van der Waals surface area contributed by atoms with E-state index in [1.807, 2.05) is 75.5 Å². The maximum absolute atomic E-state index is 13.4. The third-order valence-corrected chi connectivity index (χ3v) is 6.01. The quantitative estimate of drug-likeness (QED) is 0.318. The lowest BCUT2D eigenvalue weighted by molar-refractivity contribution is 0.0905. The minimum atomic E-state index is -0.290. The van der Waals surface area contributed by atoms with Crippen LogP contribution in [0.1, 0.15) is 47.8 Å². The first-order valence-corrected chi connectivity index (χ1v) is 12.1. The average Bonchev–Trinajstić information content (AvgIpc) is 3.29. The van der Waals surface area contributed by atoms with Crippen LogP contribution in [0.15, 0.2) is 73.1 Å². The van der Waals surface area contributed by atoms with Gasteiger partial charge in [-0.1, -0.05) is 30.0 Å². The summed E-state index contributed by atoms with van der Waals surface area (Å²) in [7, 11) is 0. The molecule has 6 heteroatoms. The van der Waals surface area contributed by atoms with Gasteiger partial charge < -0.3 is 20.1 Å². The van der Waals surface area contributed by atoms with Crippen molar-refractivity contribution in [3.63, 3.8) is 0 Å². The number of carbonyl (C=O) groups excluding carboxylic acids is 1. The maximum Gasteiger partial charge on any atom is 0.255 e. The second-order valence-electron chi connectivity index (χ2n) is 9.12. The molecule has 4 aromatic rings. The van der Waals surface area contributed by atoms with E-state index in [1.54, 1.807) is 18.3 Å². The number of aromatic nitrogens is 2. The fraction of sp³-hybridized carbons (Fsp3) is 0.267. The highest BCUT2D eigenvalue weighted by atomic mass is 16.5. The molecule has 0 spiro atoms. The van der Waals surface area contributed by atoms with E-state index in [1.165, 1.54) is 0 Å². The monoisotopic (exact) mass is 481 g/mol. The normalized spacial score (nSPS) is 12.6. The van der Waals surface area contributed by atoms with Gasteiger partial charge in [-0.3, -0.25) is 9.78 Å². The zero-order valence-electron chi connectivity index (χ0n) is 20.8. The number of aromatic amines is 1. The van der Waals surface area contributed by atoms with Crippen LogP contribution in [0.5, 0.6) is 5.75 Å². The maximum atomic E-state index is 13.4. The molecule has 2 aromatic heterocycles. The van der Waals surface area contributed by atoms with E-state index in [2.05, 4.69) is 27.1 Å². The van der Waals surface area contributed by atoms with Crippen LogP contribution in [-0.2, 0) is 6.42 Å². The summed E-state index contributed by atoms with van der Waals surface area (Å²) in [6.07, 6.45) is 4.16. The Balaban J connectivity index is 1.54. The molecule has 3 N–H and O–H groups in total. The van der Waals surface area contributed by atoms with Gasteiger partial charge in [0.05, 0.1) is 22.7 Å². The van der Waals surface area contributed by atoms with Gasteiger partial charge in [0.1, 0.15) is 5.75 Å². The van der Waals surface area contributed by atoms with E-state index in [0.29, 0.717) is 17.7 Å². The Morgan fingerprint density at radius 1 is 1.06 bits per heavy atom. The highest BCUT2D eigenvalue weighted by molar-refractivity contribution is 5.97. The number of pyridine rings is 1. The number of carbonyl (C=O) groups is 1. The lowest BCUT2D eigenvalue weighted by Gasteiger charge is -2.24. The lowest BCUT2D eigenvalue weighted by Crippen LogP contribution is -2.40. The molecule has 0 saturated carbocycles. The fourth-order valence-electron chi connectivity index (χ4n) is 4.06. The second kappa shape index (κ2) is 11.6. The van der Waals surface area contributed by atoms with Crippen LogP contribution in [-0.4, -0.2) is 39.7 Å². The minimum absolute atomic E-state index is 0.0705. The van der Waals surface area contributed by atoms with Crippen molar-refractivity contribution < 1.29 is 14.6 Å². The molecule has 0 fully saturated rings. The van der Waals surface area contributed by atoms with Crippen molar-refractivity contribution in [2.75, 3.05) is 6.61 Å². The van der Waals surface area contributed by atoms with Gasteiger partial charge in [-0.2, -0.15) is 0 Å². The average molecular weight is 482 g/mol. The van der Waals surface area contributed by atoms with Crippen LogP contribution in [0.25, 0.3) is 11.0 Å². The third-order valence-electron chi connectivity index (χ3n) is 6.01. The first-order valence-electron chi connectivity index (χ1n) is 12.1. The van der Waals surface area contributed by atoms with Crippen LogP contribution in [0, 0.1) is 17.8 Å². The number of hydrogen-bond acceptors (Lipinski definition) is 4. The standard InChI is InChI=1S/C30H31N3O3/c1-20(2)36-28-14-13-23(12-11-22-8-5-4-6-9-22)16-26(28)30(35)33-21(3)25(19-34)17-24-18-32-27-10-7-15-31-29(24)27/h4-10,13-16,18,20-21,25,32,34H,17,19H2,1-3H3,(H,33,35)/t21-,25?/m0/s1. The van der Waals surface area contributed by atoms with E-state index in [9.17, 15) is 9.90 Å². The predicted octanol–water partition coefficient (Wildman–Crippen LogP) is 4.72. The highest BCUT2D eigenvalue weighted by Crippen LogP contribution is 2.24. The molecule has 4 rings (SSSR count). The molecule has 1 amide bonds. The first kappa shape index (κ1) is 25.0. The third kappa shape index (κ3) is 6.12. The van der Waals surface area contributed by atoms with E-state index < -0.39 is 0 Å². The van der Waals surface area contributed by atoms with Crippen molar-refractivity contribution in [3.05, 3.63) is 95.3 Å². The summed E-state index contributed by atoms with van der Waals surface area (Å²) in [5, 5.41) is 13.2. The molecular weight excluding hydrogens is 450 g/mol. The van der Waals surface area contributed by atoms with Gasteiger partial charge in [0.25, 0.3) is 5.91 Å². The number of amides is 1. The van der Waals surface area contributed by atoms with Gasteiger partial charge in [-0.15, -0.1) is 0 Å². The number of nitrogens with zero attached hydrogens (tertiary/aromatic N) is 1. The van der Waals surface area contributed by atoms with Gasteiger partial charge in [0, 0.05) is 42.1 Å². The van der Waals surface area contributed by atoms with Crippen LogP contribution in [0.2, 0.25) is 0 Å². The van der Waals surface area contributed by atoms with Crippen molar-refractivity contribution >= 4 is 16.9 Å². The molecule has 6 nitrogen and oxygen atoms in total.